The fourth-order valence-corrected chi connectivity index (χ4v) is 2.97. The Morgan fingerprint density at radius 3 is 2.45 bits per heavy atom. The summed E-state index contributed by atoms with van der Waals surface area (Å²) >= 11 is 0. The van der Waals surface area contributed by atoms with Gasteiger partial charge in [-0.1, -0.05) is 48.5 Å². The highest BCUT2D eigenvalue weighted by Gasteiger charge is 2.14. The van der Waals surface area contributed by atoms with Gasteiger partial charge in [0.2, 0.25) is 0 Å². The van der Waals surface area contributed by atoms with Crippen LogP contribution in [-0.2, 0) is 0 Å². The zero-order valence-corrected chi connectivity index (χ0v) is 16.6. The maximum atomic E-state index is 12.3. The van der Waals surface area contributed by atoms with Crippen LogP contribution in [-0.4, -0.2) is 27.3 Å². The van der Waals surface area contributed by atoms with E-state index in [9.17, 15) is 9.59 Å². The summed E-state index contributed by atoms with van der Waals surface area (Å²) in [5.74, 6) is 1.03. The molecule has 2 heterocycles. The average molecular weight is 416 g/mol. The second-order valence-electron chi connectivity index (χ2n) is 6.75. The maximum Gasteiger partial charge on any atom is 0.418 e. The number of carbonyl (C=O) groups is 2. The Bertz CT molecular complexity index is 1190. The van der Waals surface area contributed by atoms with Crippen molar-refractivity contribution >= 4 is 34.7 Å². The molecule has 0 spiro atoms. The van der Waals surface area contributed by atoms with Gasteiger partial charge in [-0.3, -0.25) is 15.7 Å². The normalized spacial score (nSPS) is 11.5. The fourth-order valence-electron chi connectivity index (χ4n) is 2.97. The van der Waals surface area contributed by atoms with Gasteiger partial charge < -0.3 is 10.1 Å². The Hall–Kier alpha value is -4.40. The molecule has 0 aliphatic heterocycles. The molecule has 0 saturated heterocycles. The summed E-state index contributed by atoms with van der Waals surface area (Å²) in [6, 6.07) is 19.4. The van der Waals surface area contributed by atoms with E-state index in [-0.39, 0.29) is 17.9 Å². The smallest absolute Gasteiger partial charge is 0.410 e. The summed E-state index contributed by atoms with van der Waals surface area (Å²) in [5, 5.41) is 15.6. The van der Waals surface area contributed by atoms with Gasteiger partial charge in [0.25, 0.3) is 0 Å². The van der Waals surface area contributed by atoms with E-state index >= 15 is 0 Å². The lowest BCUT2D eigenvalue weighted by atomic mass is 10.1. The van der Waals surface area contributed by atoms with E-state index in [4.69, 9.17) is 4.74 Å². The molecule has 1 unspecified atom stereocenters. The van der Waals surface area contributed by atoms with Crippen LogP contribution in [0.5, 0.6) is 5.75 Å². The molecule has 0 aliphatic rings. The van der Waals surface area contributed by atoms with E-state index in [1.807, 2.05) is 43.3 Å². The highest BCUT2D eigenvalue weighted by molar-refractivity contribution is 5.99. The summed E-state index contributed by atoms with van der Waals surface area (Å²) in [6.07, 6.45) is 0.837. The Morgan fingerprint density at radius 2 is 1.71 bits per heavy atom. The Labute approximate surface area is 177 Å². The molecule has 9 nitrogen and oxygen atoms in total. The van der Waals surface area contributed by atoms with E-state index in [1.165, 1.54) is 6.20 Å². The number of nitrogens with zero attached hydrogens (tertiary/aromatic N) is 2. The predicted molar refractivity (Wildman–Crippen MR) is 117 cm³/mol. The van der Waals surface area contributed by atoms with Crippen molar-refractivity contribution in [2.75, 3.05) is 10.6 Å². The van der Waals surface area contributed by atoms with Crippen LogP contribution in [0.3, 0.4) is 0 Å². The SMILES string of the molecule is CC(NC(=O)Nc1cc2[nH]nc(NC(=O)Oc3ccccc3)c2cn1)c1ccccc1. The molecule has 3 amide bonds. The molecule has 4 aromatic rings. The Balaban J connectivity index is 1.39. The maximum absolute atomic E-state index is 12.3. The van der Waals surface area contributed by atoms with E-state index in [0.717, 1.165) is 5.56 Å². The number of aromatic nitrogens is 3. The second-order valence-corrected chi connectivity index (χ2v) is 6.75. The van der Waals surface area contributed by atoms with Crippen molar-refractivity contribution in [3.63, 3.8) is 0 Å². The van der Waals surface area contributed by atoms with Crippen LogP contribution in [0.15, 0.2) is 72.9 Å². The van der Waals surface area contributed by atoms with Crippen LogP contribution in [0.4, 0.5) is 21.2 Å². The number of pyridine rings is 1. The monoisotopic (exact) mass is 416 g/mol. The zero-order chi connectivity index (χ0) is 21.6. The number of rotatable bonds is 5. The molecule has 1 atom stereocenters. The third kappa shape index (κ3) is 4.96. The lowest BCUT2D eigenvalue weighted by molar-refractivity contribution is 0.215. The van der Waals surface area contributed by atoms with Gasteiger partial charge in [-0.15, -0.1) is 0 Å². The first-order chi connectivity index (χ1) is 15.1. The summed E-state index contributed by atoms with van der Waals surface area (Å²) in [4.78, 5) is 28.6. The number of hydrogen-bond donors (Lipinski definition) is 4. The van der Waals surface area contributed by atoms with E-state index in [1.54, 1.807) is 30.3 Å². The number of para-hydroxylation sites is 1. The van der Waals surface area contributed by atoms with Crippen LogP contribution >= 0.6 is 0 Å². The van der Waals surface area contributed by atoms with Crippen LogP contribution in [0.25, 0.3) is 10.9 Å². The van der Waals surface area contributed by atoms with Crippen molar-refractivity contribution in [1.82, 2.24) is 20.5 Å². The van der Waals surface area contributed by atoms with Gasteiger partial charge in [-0.25, -0.2) is 14.6 Å². The van der Waals surface area contributed by atoms with Crippen LogP contribution in [0, 0.1) is 0 Å². The number of anilines is 2. The minimum Gasteiger partial charge on any atom is -0.410 e. The Kier molecular flexibility index (Phi) is 5.75. The van der Waals surface area contributed by atoms with Crippen LogP contribution < -0.4 is 20.7 Å². The lowest BCUT2D eigenvalue weighted by Gasteiger charge is -2.14. The first kappa shape index (κ1) is 19.9. The van der Waals surface area contributed by atoms with Crippen molar-refractivity contribution in [1.29, 1.82) is 0 Å². The molecule has 0 bridgehead atoms. The largest absolute Gasteiger partial charge is 0.418 e. The number of benzene rings is 2. The third-order valence-corrected chi connectivity index (χ3v) is 4.51. The average Bonchev–Trinajstić information content (AvgIpc) is 3.16. The summed E-state index contributed by atoms with van der Waals surface area (Å²) in [7, 11) is 0. The molecule has 9 heteroatoms. The molecule has 4 rings (SSSR count). The number of hydrogen-bond acceptors (Lipinski definition) is 5. The third-order valence-electron chi connectivity index (χ3n) is 4.51. The molecule has 2 aromatic carbocycles. The summed E-state index contributed by atoms with van der Waals surface area (Å²) in [5.41, 5.74) is 1.59. The predicted octanol–water partition coefficient (Wildman–Crippen LogP) is 4.45. The molecule has 0 aliphatic carbocycles. The van der Waals surface area contributed by atoms with Gasteiger partial charge in [0, 0.05) is 12.3 Å². The van der Waals surface area contributed by atoms with Crippen LogP contribution in [0.1, 0.15) is 18.5 Å². The minimum atomic E-state index is -0.670. The second kappa shape index (κ2) is 8.95. The van der Waals surface area contributed by atoms with Crippen molar-refractivity contribution < 1.29 is 14.3 Å². The molecule has 2 aromatic heterocycles. The molecule has 4 N–H and O–H groups in total. The molecular formula is C22H20N6O3. The quantitative estimate of drug-likeness (QED) is 0.383. The van der Waals surface area contributed by atoms with E-state index < -0.39 is 6.09 Å². The van der Waals surface area contributed by atoms with Gasteiger partial charge in [-0.2, -0.15) is 5.10 Å². The number of H-pyrrole nitrogens is 1. The number of ether oxygens (including phenoxy) is 1. The summed E-state index contributed by atoms with van der Waals surface area (Å²) < 4.78 is 5.20. The number of carbonyl (C=O) groups excluding carboxylic acids is 2. The highest BCUT2D eigenvalue weighted by Crippen LogP contribution is 2.22. The van der Waals surface area contributed by atoms with E-state index in [2.05, 4.69) is 31.1 Å². The van der Waals surface area contributed by atoms with E-state index in [0.29, 0.717) is 22.5 Å². The molecule has 0 radical (unpaired) electrons. The molecule has 0 fully saturated rings. The standard InChI is InChI=1S/C22H20N6O3/c1-14(15-8-4-2-5-9-15)24-21(29)25-19-12-18-17(13-23-19)20(28-27-18)26-22(30)31-16-10-6-3-7-11-16/h2-14H,1H3,(H2,23,24,25,29)(H2,26,27,28,30). The molecule has 156 valence electrons. The molecule has 0 saturated carbocycles. The van der Waals surface area contributed by atoms with Crippen molar-refractivity contribution in [2.45, 2.75) is 13.0 Å². The van der Waals surface area contributed by atoms with Crippen molar-refractivity contribution in [2.24, 2.45) is 0 Å². The number of amides is 3. The minimum absolute atomic E-state index is 0.163. The number of urea groups is 1. The first-order valence-corrected chi connectivity index (χ1v) is 9.59. The van der Waals surface area contributed by atoms with Gasteiger partial charge in [0.15, 0.2) is 5.82 Å². The number of nitrogens with one attached hydrogen (secondary N) is 4. The number of fused-ring (bicyclic) bond motifs is 1. The van der Waals surface area contributed by atoms with Gasteiger partial charge in [0.1, 0.15) is 11.6 Å². The van der Waals surface area contributed by atoms with Crippen molar-refractivity contribution in [3.8, 4) is 5.75 Å². The van der Waals surface area contributed by atoms with Crippen LogP contribution in [0.2, 0.25) is 0 Å². The highest BCUT2D eigenvalue weighted by atomic mass is 16.6. The van der Waals surface area contributed by atoms with Gasteiger partial charge in [-0.05, 0) is 24.6 Å². The lowest BCUT2D eigenvalue weighted by Crippen LogP contribution is -2.31. The molecule has 31 heavy (non-hydrogen) atoms. The Morgan fingerprint density at radius 1 is 1.00 bits per heavy atom. The fraction of sp³-hybridized carbons (Fsp3) is 0.0909. The zero-order valence-electron chi connectivity index (χ0n) is 16.6. The topological polar surface area (TPSA) is 121 Å². The van der Waals surface area contributed by atoms with Gasteiger partial charge in [0.05, 0.1) is 16.9 Å². The van der Waals surface area contributed by atoms with Crippen molar-refractivity contribution in [3.05, 3.63) is 78.5 Å². The summed E-state index contributed by atoms with van der Waals surface area (Å²) in [6.45, 7) is 1.90. The number of aromatic amines is 1. The first-order valence-electron chi connectivity index (χ1n) is 9.59. The molecular weight excluding hydrogens is 396 g/mol. The van der Waals surface area contributed by atoms with Gasteiger partial charge >= 0.3 is 12.1 Å².